The van der Waals surface area contributed by atoms with Crippen molar-refractivity contribution in [3.05, 3.63) is 29.6 Å². The van der Waals surface area contributed by atoms with Crippen molar-refractivity contribution < 1.29 is 5.11 Å². The monoisotopic (exact) mass is 205 g/mol. The Balaban J connectivity index is 2.36. The quantitative estimate of drug-likeness (QED) is 0.805. The lowest BCUT2D eigenvalue weighted by atomic mass is 9.76. The van der Waals surface area contributed by atoms with E-state index in [0.29, 0.717) is 5.92 Å². The lowest BCUT2D eigenvalue weighted by molar-refractivity contribution is -0.00164. The molecule has 0 spiro atoms. The number of rotatable bonds is 2. The van der Waals surface area contributed by atoms with Gasteiger partial charge in [0.1, 0.15) is 0 Å². The Kier molecular flexibility index (Phi) is 2.79. The van der Waals surface area contributed by atoms with Crippen LogP contribution < -0.4 is 0 Å². The molecule has 0 aromatic carbocycles. The number of aryl methyl sites for hydroxylation is 1. The fourth-order valence-electron chi connectivity index (χ4n) is 2.65. The van der Waals surface area contributed by atoms with Crippen molar-refractivity contribution in [2.45, 2.75) is 45.1 Å². The largest absolute Gasteiger partial charge is 0.385 e. The van der Waals surface area contributed by atoms with Gasteiger partial charge in [-0.3, -0.25) is 4.98 Å². The Morgan fingerprint density at radius 3 is 3.07 bits per heavy atom. The summed E-state index contributed by atoms with van der Waals surface area (Å²) in [6, 6.07) is 2.04. The minimum atomic E-state index is -0.629. The first-order valence-corrected chi connectivity index (χ1v) is 5.77. The summed E-state index contributed by atoms with van der Waals surface area (Å²) in [6.45, 7) is 4.31. The van der Waals surface area contributed by atoms with E-state index < -0.39 is 5.60 Å². The Labute approximate surface area is 91.4 Å². The summed E-state index contributed by atoms with van der Waals surface area (Å²) < 4.78 is 0. The molecule has 1 aliphatic carbocycles. The highest BCUT2D eigenvalue weighted by atomic mass is 16.3. The van der Waals surface area contributed by atoms with Crippen LogP contribution in [0.4, 0.5) is 0 Å². The maximum atomic E-state index is 10.7. The van der Waals surface area contributed by atoms with E-state index in [1.165, 1.54) is 5.56 Å². The van der Waals surface area contributed by atoms with Gasteiger partial charge in [0.25, 0.3) is 0 Å². The third kappa shape index (κ3) is 2.05. The molecule has 0 fully saturated rings. The molecule has 2 heteroatoms. The second-order valence-corrected chi connectivity index (χ2v) is 5.02. The fraction of sp³-hybridized carbons (Fsp3) is 0.615. The lowest BCUT2D eigenvalue weighted by Crippen LogP contribution is -2.32. The fourth-order valence-corrected chi connectivity index (χ4v) is 2.65. The molecule has 1 heterocycles. The van der Waals surface area contributed by atoms with Gasteiger partial charge in [0.2, 0.25) is 0 Å². The summed E-state index contributed by atoms with van der Waals surface area (Å²) in [7, 11) is 0. The highest BCUT2D eigenvalue weighted by Crippen LogP contribution is 2.39. The third-order valence-corrected chi connectivity index (χ3v) is 3.20. The Hall–Kier alpha value is -0.890. The van der Waals surface area contributed by atoms with Gasteiger partial charge in [0, 0.05) is 18.0 Å². The molecule has 2 nitrogen and oxygen atoms in total. The third-order valence-electron chi connectivity index (χ3n) is 3.20. The number of aromatic nitrogens is 1. The SMILES string of the molecule is CC(C)CC1(O)CCCc2ccncc21. The van der Waals surface area contributed by atoms with Gasteiger partial charge in [-0.15, -0.1) is 0 Å². The molecule has 0 bridgehead atoms. The van der Waals surface area contributed by atoms with Crippen molar-refractivity contribution >= 4 is 0 Å². The predicted octanol–water partition coefficient (Wildman–Crippen LogP) is 2.65. The van der Waals surface area contributed by atoms with Crippen molar-refractivity contribution in [3.8, 4) is 0 Å². The van der Waals surface area contributed by atoms with E-state index in [1.807, 2.05) is 18.5 Å². The van der Waals surface area contributed by atoms with E-state index in [1.54, 1.807) is 0 Å². The molecule has 1 atom stereocenters. The average molecular weight is 205 g/mol. The van der Waals surface area contributed by atoms with Crippen LogP contribution in [0.25, 0.3) is 0 Å². The van der Waals surface area contributed by atoms with Crippen molar-refractivity contribution in [2.75, 3.05) is 0 Å². The van der Waals surface area contributed by atoms with Gasteiger partial charge in [0.05, 0.1) is 5.60 Å². The molecule has 1 unspecified atom stereocenters. The van der Waals surface area contributed by atoms with Crippen molar-refractivity contribution in [1.82, 2.24) is 4.98 Å². The van der Waals surface area contributed by atoms with Crippen LogP contribution in [0, 0.1) is 5.92 Å². The van der Waals surface area contributed by atoms with E-state index in [0.717, 1.165) is 31.2 Å². The maximum Gasteiger partial charge on any atom is 0.0916 e. The lowest BCUT2D eigenvalue weighted by Gasteiger charge is -2.35. The first-order valence-electron chi connectivity index (χ1n) is 5.77. The molecule has 1 N–H and O–H groups in total. The molecule has 2 rings (SSSR count). The van der Waals surface area contributed by atoms with E-state index in [9.17, 15) is 5.11 Å². The van der Waals surface area contributed by atoms with Gasteiger partial charge >= 0.3 is 0 Å². The second-order valence-electron chi connectivity index (χ2n) is 5.02. The molecule has 0 amide bonds. The number of hydrogen-bond donors (Lipinski definition) is 1. The highest BCUT2D eigenvalue weighted by Gasteiger charge is 2.34. The zero-order valence-electron chi connectivity index (χ0n) is 9.53. The minimum absolute atomic E-state index is 0.515. The zero-order chi connectivity index (χ0) is 10.9. The maximum absolute atomic E-state index is 10.7. The van der Waals surface area contributed by atoms with E-state index in [4.69, 9.17) is 0 Å². The molecule has 0 radical (unpaired) electrons. The Morgan fingerprint density at radius 2 is 2.33 bits per heavy atom. The molecule has 0 saturated carbocycles. The molecular weight excluding hydrogens is 186 g/mol. The van der Waals surface area contributed by atoms with Gasteiger partial charge < -0.3 is 5.11 Å². The molecule has 15 heavy (non-hydrogen) atoms. The summed E-state index contributed by atoms with van der Waals surface area (Å²) in [6.07, 6.45) is 7.55. The summed E-state index contributed by atoms with van der Waals surface area (Å²) in [5.74, 6) is 0.515. The summed E-state index contributed by atoms with van der Waals surface area (Å²) in [5.41, 5.74) is 1.71. The molecule has 0 saturated heterocycles. The van der Waals surface area contributed by atoms with Crippen LogP contribution >= 0.6 is 0 Å². The molecule has 1 aromatic rings. The van der Waals surface area contributed by atoms with Crippen LogP contribution in [-0.4, -0.2) is 10.1 Å². The number of pyridine rings is 1. The number of fused-ring (bicyclic) bond motifs is 1. The number of nitrogens with zero attached hydrogens (tertiary/aromatic N) is 1. The molecule has 1 aromatic heterocycles. The van der Waals surface area contributed by atoms with Crippen molar-refractivity contribution in [3.63, 3.8) is 0 Å². The first-order chi connectivity index (χ1) is 7.12. The summed E-state index contributed by atoms with van der Waals surface area (Å²) in [4.78, 5) is 4.14. The minimum Gasteiger partial charge on any atom is -0.385 e. The van der Waals surface area contributed by atoms with Crippen molar-refractivity contribution in [2.24, 2.45) is 5.92 Å². The molecule has 82 valence electrons. The Morgan fingerprint density at radius 1 is 1.53 bits per heavy atom. The smallest absolute Gasteiger partial charge is 0.0916 e. The highest BCUT2D eigenvalue weighted by molar-refractivity contribution is 5.31. The number of hydrogen-bond acceptors (Lipinski definition) is 2. The first kappa shape index (κ1) is 10.6. The average Bonchev–Trinajstić information content (AvgIpc) is 2.17. The Bertz CT molecular complexity index is 348. The topological polar surface area (TPSA) is 33.1 Å². The van der Waals surface area contributed by atoms with Gasteiger partial charge in [-0.25, -0.2) is 0 Å². The molecule has 0 aliphatic heterocycles. The van der Waals surface area contributed by atoms with E-state index >= 15 is 0 Å². The second kappa shape index (κ2) is 3.93. The van der Waals surface area contributed by atoms with Crippen molar-refractivity contribution in [1.29, 1.82) is 0 Å². The summed E-state index contributed by atoms with van der Waals surface area (Å²) in [5, 5.41) is 10.7. The molecule has 1 aliphatic rings. The van der Waals surface area contributed by atoms with Crippen LogP contribution in [0.5, 0.6) is 0 Å². The standard InChI is InChI=1S/C13H19NO/c1-10(2)8-13(15)6-3-4-11-5-7-14-9-12(11)13/h5,7,9-10,15H,3-4,6,8H2,1-2H3. The van der Waals surface area contributed by atoms with E-state index in [2.05, 4.69) is 18.8 Å². The van der Waals surface area contributed by atoms with Gasteiger partial charge in [-0.1, -0.05) is 13.8 Å². The molecular formula is C13H19NO. The van der Waals surface area contributed by atoms with Crippen LogP contribution in [0.2, 0.25) is 0 Å². The van der Waals surface area contributed by atoms with Crippen LogP contribution in [-0.2, 0) is 12.0 Å². The zero-order valence-corrected chi connectivity index (χ0v) is 9.53. The van der Waals surface area contributed by atoms with E-state index in [-0.39, 0.29) is 0 Å². The normalized spacial score (nSPS) is 25.3. The van der Waals surface area contributed by atoms with Gasteiger partial charge in [0.15, 0.2) is 0 Å². The van der Waals surface area contributed by atoms with Crippen LogP contribution in [0.3, 0.4) is 0 Å². The predicted molar refractivity (Wildman–Crippen MR) is 60.5 cm³/mol. The number of aliphatic hydroxyl groups is 1. The van der Waals surface area contributed by atoms with Crippen LogP contribution in [0.1, 0.15) is 44.2 Å². The summed E-state index contributed by atoms with van der Waals surface area (Å²) >= 11 is 0. The van der Waals surface area contributed by atoms with Crippen LogP contribution in [0.15, 0.2) is 18.5 Å². The van der Waals surface area contributed by atoms with Gasteiger partial charge in [-0.05, 0) is 43.2 Å². The van der Waals surface area contributed by atoms with Gasteiger partial charge in [-0.2, -0.15) is 0 Å².